The second kappa shape index (κ2) is 80.9. The highest BCUT2D eigenvalue weighted by atomic mass is 16.6. The lowest BCUT2D eigenvalue weighted by atomic mass is 10.2. The van der Waals surface area contributed by atoms with Crippen molar-refractivity contribution in [3.63, 3.8) is 0 Å². The van der Waals surface area contributed by atoms with Gasteiger partial charge in [0.25, 0.3) is 0 Å². The molecule has 0 saturated heterocycles. The van der Waals surface area contributed by atoms with Crippen LogP contribution in [0.5, 0.6) is 0 Å². The molecule has 0 rings (SSSR count). The normalized spacial score (nSPS) is 11.1. The quantitative estimate of drug-likeness (QED) is 0.0256. The largest absolute Gasteiger partial charge is 0.379 e. The Bertz CT molecular complexity index is 2190. The van der Waals surface area contributed by atoms with Gasteiger partial charge in [0.2, 0.25) is 53.2 Å². The average molecular weight is 1580 g/mol. The molecule has 0 saturated carbocycles. The Hall–Kier alpha value is -6.60. The van der Waals surface area contributed by atoms with Crippen LogP contribution in [0.4, 0.5) is 0 Å². The number of primary amides is 1. The summed E-state index contributed by atoms with van der Waals surface area (Å²) < 4.78 is 112. The highest BCUT2D eigenvalue weighted by Crippen LogP contribution is 1.97. The van der Waals surface area contributed by atoms with Gasteiger partial charge in [0, 0.05) is 78.4 Å². The zero-order chi connectivity index (χ0) is 79.6. The lowest BCUT2D eigenvalue weighted by Gasteiger charge is -2.10. The van der Waals surface area contributed by atoms with E-state index in [2.05, 4.69) is 42.5 Å². The van der Waals surface area contributed by atoms with Crippen molar-refractivity contribution in [1.82, 2.24) is 42.5 Å². The van der Waals surface area contributed by atoms with Gasteiger partial charge in [0.15, 0.2) is 17.3 Å². The lowest BCUT2D eigenvalue weighted by molar-refractivity contribution is -0.132. The van der Waals surface area contributed by atoms with Gasteiger partial charge in [-0.05, 0) is 19.8 Å². The summed E-state index contributed by atoms with van der Waals surface area (Å²) in [5.74, 6) is -4.26. The summed E-state index contributed by atoms with van der Waals surface area (Å²) >= 11 is 0. The predicted octanol–water partition coefficient (Wildman–Crippen LogP) is -6.96. The zero-order valence-corrected chi connectivity index (χ0v) is 63.2. The maximum atomic E-state index is 12.0. The van der Waals surface area contributed by atoms with E-state index in [-0.39, 0.29) is 248 Å². The Morgan fingerprint density at radius 3 is 0.523 bits per heavy atom. The van der Waals surface area contributed by atoms with Crippen LogP contribution >= 0.6 is 0 Å². The summed E-state index contributed by atoms with van der Waals surface area (Å²) in [6.45, 7) is 9.19. The van der Waals surface area contributed by atoms with E-state index in [4.69, 9.17) is 105 Å². The molecule has 0 atom stereocenters. The number of hydrogen-bond acceptors (Lipinski definition) is 33. The van der Waals surface area contributed by atoms with Crippen LogP contribution in [-0.4, -0.2) is 400 Å². The van der Waals surface area contributed by atoms with Crippen LogP contribution < -0.4 is 48.3 Å². The first-order valence-corrected chi connectivity index (χ1v) is 36.1. The fourth-order valence-electron chi connectivity index (χ4n) is 7.63. The monoisotopic (exact) mass is 1580 g/mol. The Morgan fingerprint density at radius 1 is 0.193 bits per heavy atom. The van der Waals surface area contributed by atoms with Crippen molar-refractivity contribution in [2.75, 3.05) is 330 Å². The number of carbonyl (C=O) groups excluding carboxylic acids is 12. The van der Waals surface area contributed by atoms with Crippen LogP contribution in [0.2, 0.25) is 0 Å². The fraction of sp³-hybridized carbons (Fsp3) is 0.821. The van der Waals surface area contributed by atoms with E-state index in [0.29, 0.717) is 125 Å². The molecule has 0 radical (unpaired) electrons. The maximum Gasteiger partial charge on any atom is 0.246 e. The summed E-state index contributed by atoms with van der Waals surface area (Å²) in [5.41, 5.74) is 4.94. The van der Waals surface area contributed by atoms with Gasteiger partial charge in [-0.15, -0.1) is 0 Å². The highest BCUT2D eigenvalue weighted by Gasteiger charge is 2.12. The summed E-state index contributed by atoms with van der Waals surface area (Å²) in [5, 5.41) is 21.0. The van der Waals surface area contributed by atoms with Crippen molar-refractivity contribution in [2.45, 2.75) is 32.6 Å². The lowest BCUT2D eigenvalue weighted by Crippen LogP contribution is -2.34. The van der Waals surface area contributed by atoms with E-state index >= 15 is 0 Å². The van der Waals surface area contributed by atoms with E-state index in [0.717, 1.165) is 0 Å². The molecule has 0 aliphatic rings. The summed E-state index contributed by atoms with van der Waals surface area (Å²) in [4.78, 5) is 140. The van der Waals surface area contributed by atoms with Crippen LogP contribution in [-0.2, 0) is 157 Å². The second-order valence-corrected chi connectivity index (χ2v) is 22.4. The molecule has 0 heterocycles. The van der Waals surface area contributed by atoms with Crippen LogP contribution in [0, 0.1) is 0 Å². The minimum absolute atomic E-state index is 0.0656. The second-order valence-electron chi connectivity index (χ2n) is 22.4. The van der Waals surface area contributed by atoms with E-state index in [1.54, 1.807) is 0 Å². The summed E-state index contributed by atoms with van der Waals surface area (Å²) in [7, 11) is 0. The summed E-state index contributed by atoms with van der Waals surface area (Å²) in [6.07, 6.45) is 1.66. The number of carbonyl (C=O) groups is 12. The van der Waals surface area contributed by atoms with Gasteiger partial charge < -0.3 is 148 Å². The molecule has 0 unspecified atom stereocenters. The predicted molar refractivity (Wildman–Crippen MR) is 380 cm³/mol. The van der Waals surface area contributed by atoms with Gasteiger partial charge in [-0.25, -0.2) is 0 Å². The zero-order valence-electron chi connectivity index (χ0n) is 63.2. The first kappa shape index (κ1) is 102. The topological polar surface area (TPSA) is 521 Å². The molecular formula is C67H121N9O33. The Balaban J connectivity index is 3.43. The number of ketones is 3. The molecule has 0 aromatic rings. The van der Waals surface area contributed by atoms with Crippen LogP contribution in [0.25, 0.3) is 0 Å². The van der Waals surface area contributed by atoms with Crippen molar-refractivity contribution < 1.29 is 157 Å². The van der Waals surface area contributed by atoms with Crippen molar-refractivity contribution >= 4 is 70.5 Å². The third kappa shape index (κ3) is 83.7. The van der Waals surface area contributed by atoms with Gasteiger partial charge >= 0.3 is 0 Å². The standard InChI is InChI=1S/C67H121N9O33/c1-56(77)44-104-45-57(78)4-2-14-89-24-34-99-36-26-91-16-6-69-60(81)48-106-50-62(83)71-8-18-93-28-38-101-40-30-95-20-10-73-64(85)52-108-54-66(87)75-12-22-97-32-42-103-43-33-98-23-13-76-67(88)55-109-53-65(86)74-11-21-96-31-41-102-39-29-94-19-9-72-63(84)51-107-49-61(82)70-7-17-92-27-37-100-35-25-90-15-3-5-58(79)46-105-47-59(68)80/h2-55H2,1H3,(H2,68,80)(H,69,81)(H,70,82)(H,71,83)(H,72,84)(H,73,85)(H,74,86)(H,75,87)(H,76,88). The first-order valence-electron chi connectivity index (χ1n) is 36.1. The molecule has 0 aromatic heterocycles. The number of hydrogen-bond donors (Lipinski definition) is 9. The molecule has 0 aromatic carbocycles. The average Bonchev–Trinajstić information content (AvgIpc) is 3.96. The van der Waals surface area contributed by atoms with Gasteiger partial charge in [-0.1, -0.05) is 0 Å². The van der Waals surface area contributed by atoms with Crippen LogP contribution in [0.1, 0.15) is 32.6 Å². The van der Waals surface area contributed by atoms with Crippen LogP contribution in [0.3, 0.4) is 0 Å². The molecule has 0 spiro atoms. The van der Waals surface area contributed by atoms with E-state index in [1.165, 1.54) is 6.92 Å². The molecule has 109 heavy (non-hydrogen) atoms. The van der Waals surface area contributed by atoms with Crippen LogP contribution in [0.15, 0.2) is 0 Å². The number of ether oxygens (including phenoxy) is 21. The van der Waals surface area contributed by atoms with Gasteiger partial charge in [0.05, 0.1) is 185 Å². The molecule has 632 valence electrons. The van der Waals surface area contributed by atoms with E-state index < -0.39 is 53.2 Å². The Labute approximate surface area is 636 Å². The number of rotatable bonds is 86. The molecule has 42 heteroatoms. The minimum Gasteiger partial charge on any atom is -0.379 e. The highest BCUT2D eigenvalue weighted by molar-refractivity contribution is 5.83. The maximum absolute atomic E-state index is 12.0. The van der Waals surface area contributed by atoms with Gasteiger partial charge in [-0.3, -0.25) is 57.5 Å². The van der Waals surface area contributed by atoms with Crippen molar-refractivity contribution in [3.8, 4) is 0 Å². The van der Waals surface area contributed by atoms with Gasteiger partial charge in [0.1, 0.15) is 79.3 Å². The number of amides is 9. The van der Waals surface area contributed by atoms with Crippen molar-refractivity contribution in [2.24, 2.45) is 5.73 Å². The smallest absolute Gasteiger partial charge is 0.246 e. The van der Waals surface area contributed by atoms with E-state index in [1.807, 2.05) is 0 Å². The molecule has 10 N–H and O–H groups in total. The molecule has 9 amide bonds. The number of nitrogens with one attached hydrogen (secondary N) is 8. The number of Topliss-reactive ketones (excluding diaryl/α,β-unsaturated/α-hetero) is 3. The Morgan fingerprint density at radius 2 is 0.349 bits per heavy atom. The third-order valence-corrected chi connectivity index (χ3v) is 12.7. The molecule has 0 aliphatic heterocycles. The molecule has 0 fully saturated rings. The Kier molecular flexibility index (Phi) is 76.0. The fourth-order valence-corrected chi connectivity index (χ4v) is 7.63. The SMILES string of the molecule is CC(=O)COCC(=O)CCCOCCOCCOCCNC(=O)COCC(=O)NCCOCCOCCOCCNC(=O)COCC(=O)NCCOCCOCCOCCNC(=O)COCC(=O)NCCOCCOCCOCCNC(=O)COCC(=O)NCCOCCOCCOCCCC(=O)COCC(N)=O. The first-order chi connectivity index (χ1) is 53.1. The molecule has 0 bridgehead atoms. The number of nitrogens with two attached hydrogens (primary N) is 1. The van der Waals surface area contributed by atoms with Crippen molar-refractivity contribution in [3.05, 3.63) is 0 Å². The van der Waals surface area contributed by atoms with Crippen molar-refractivity contribution in [1.29, 1.82) is 0 Å². The molecular weight excluding hydrogens is 1460 g/mol. The summed E-state index contributed by atoms with van der Waals surface area (Å²) in [6, 6.07) is 0. The van der Waals surface area contributed by atoms with E-state index in [9.17, 15) is 57.5 Å². The molecule has 0 aliphatic carbocycles. The minimum atomic E-state index is -0.631. The molecule has 42 nitrogen and oxygen atoms in total. The van der Waals surface area contributed by atoms with Gasteiger partial charge in [-0.2, -0.15) is 0 Å². The third-order valence-electron chi connectivity index (χ3n) is 12.7.